The Bertz CT molecular complexity index is 547. The zero-order chi connectivity index (χ0) is 13.7. The van der Waals surface area contributed by atoms with Crippen LogP contribution in [0.15, 0.2) is 53.4 Å². The van der Waals surface area contributed by atoms with Crippen molar-refractivity contribution in [1.29, 1.82) is 0 Å². The summed E-state index contributed by atoms with van der Waals surface area (Å²) in [6.07, 6.45) is 0.738. The molecule has 0 heterocycles. The second-order valence-electron chi connectivity index (χ2n) is 4.34. The highest BCUT2D eigenvalue weighted by atomic mass is 35.5. The van der Waals surface area contributed by atoms with Crippen molar-refractivity contribution in [3.8, 4) is 0 Å². The summed E-state index contributed by atoms with van der Waals surface area (Å²) in [6.45, 7) is 0. The minimum atomic E-state index is -0.192. The number of nitrogens with two attached hydrogens (primary N) is 1. The largest absolute Gasteiger partial charge is 0.327 e. The number of thioether (sulfide) groups is 1. The van der Waals surface area contributed by atoms with Crippen molar-refractivity contribution < 1.29 is 4.39 Å². The molecule has 0 aromatic heterocycles. The Morgan fingerprint density at radius 3 is 2.68 bits per heavy atom. The van der Waals surface area contributed by atoms with Gasteiger partial charge in [0.25, 0.3) is 0 Å². The van der Waals surface area contributed by atoms with Crippen molar-refractivity contribution in [2.75, 3.05) is 5.75 Å². The van der Waals surface area contributed by atoms with Crippen molar-refractivity contribution in [2.24, 2.45) is 5.73 Å². The summed E-state index contributed by atoms with van der Waals surface area (Å²) in [4.78, 5) is 0.643. The molecule has 0 spiro atoms. The van der Waals surface area contributed by atoms with Gasteiger partial charge in [-0.2, -0.15) is 0 Å². The smallest absolute Gasteiger partial charge is 0.136 e. The van der Waals surface area contributed by atoms with Crippen molar-refractivity contribution in [3.63, 3.8) is 0 Å². The molecule has 2 aromatic rings. The van der Waals surface area contributed by atoms with E-state index < -0.39 is 0 Å². The summed E-state index contributed by atoms with van der Waals surface area (Å²) < 4.78 is 13.4. The quantitative estimate of drug-likeness (QED) is 0.839. The molecule has 100 valence electrons. The van der Waals surface area contributed by atoms with Crippen LogP contribution in [0.4, 0.5) is 4.39 Å². The molecular weight excluding hydrogens is 281 g/mol. The highest BCUT2D eigenvalue weighted by Gasteiger charge is 2.07. The standard InChI is InChI=1S/C15H15ClFNS/c16-12-5-3-4-11(8-12)9-13(18)10-19-15-7-2-1-6-14(15)17/h1-8,13H,9-10,18H2. The fourth-order valence-corrected chi connectivity index (χ4v) is 2.89. The van der Waals surface area contributed by atoms with Gasteiger partial charge in [-0.3, -0.25) is 0 Å². The van der Waals surface area contributed by atoms with Gasteiger partial charge in [0.05, 0.1) is 0 Å². The van der Waals surface area contributed by atoms with Crippen LogP contribution in [0.25, 0.3) is 0 Å². The van der Waals surface area contributed by atoms with Crippen LogP contribution >= 0.6 is 23.4 Å². The van der Waals surface area contributed by atoms with Gasteiger partial charge in [-0.25, -0.2) is 4.39 Å². The first-order chi connectivity index (χ1) is 9.15. The molecule has 2 aromatic carbocycles. The topological polar surface area (TPSA) is 26.0 Å². The predicted molar refractivity (Wildman–Crippen MR) is 80.3 cm³/mol. The van der Waals surface area contributed by atoms with E-state index in [1.165, 1.54) is 17.8 Å². The Morgan fingerprint density at radius 1 is 1.16 bits per heavy atom. The van der Waals surface area contributed by atoms with Crippen molar-refractivity contribution in [1.82, 2.24) is 0 Å². The molecule has 19 heavy (non-hydrogen) atoms. The van der Waals surface area contributed by atoms with Crippen molar-refractivity contribution in [2.45, 2.75) is 17.4 Å². The van der Waals surface area contributed by atoms with Crippen LogP contribution in [0.5, 0.6) is 0 Å². The summed E-state index contributed by atoms with van der Waals surface area (Å²) in [5.41, 5.74) is 7.17. The van der Waals surface area contributed by atoms with Crippen molar-refractivity contribution in [3.05, 3.63) is 64.9 Å². The first-order valence-corrected chi connectivity index (χ1v) is 7.39. The van der Waals surface area contributed by atoms with Crippen LogP contribution in [0.2, 0.25) is 5.02 Å². The Balaban J connectivity index is 1.88. The normalized spacial score (nSPS) is 12.4. The van der Waals surface area contributed by atoms with Gasteiger partial charge < -0.3 is 5.73 Å². The van der Waals surface area contributed by atoms with E-state index in [1.54, 1.807) is 12.1 Å². The molecule has 0 bridgehead atoms. The number of hydrogen-bond donors (Lipinski definition) is 1. The summed E-state index contributed by atoms with van der Waals surface area (Å²) >= 11 is 7.37. The monoisotopic (exact) mass is 295 g/mol. The summed E-state index contributed by atoms with van der Waals surface area (Å²) in [6, 6.07) is 14.4. The maximum absolute atomic E-state index is 13.4. The maximum Gasteiger partial charge on any atom is 0.136 e. The van der Waals surface area contributed by atoms with E-state index in [4.69, 9.17) is 17.3 Å². The van der Waals surface area contributed by atoms with Crippen molar-refractivity contribution >= 4 is 23.4 Å². The molecule has 0 saturated heterocycles. The van der Waals surface area contributed by atoms with Gasteiger partial charge in [0, 0.05) is 21.7 Å². The Morgan fingerprint density at radius 2 is 1.95 bits per heavy atom. The molecule has 0 saturated carbocycles. The minimum absolute atomic E-state index is 0.0249. The van der Waals surface area contributed by atoms with Gasteiger partial charge >= 0.3 is 0 Å². The molecule has 0 fully saturated rings. The van der Waals surface area contributed by atoms with Gasteiger partial charge in [0.1, 0.15) is 5.82 Å². The number of benzene rings is 2. The van der Waals surface area contributed by atoms with Crippen LogP contribution < -0.4 is 5.73 Å². The summed E-state index contributed by atoms with van der Waals surface area (Å²) in [5, 5.41) is 0.714. The lowest BCUT2D eigenvalue weighted by Gasteiger charge is -2.12. The summed E-state index contributed by atoms with van der Waals surface area (Å²) in [5.74, 6) is 0.482. The van der Waals surface area contributed by atoms with Gasteiger partial charge in [0.15, 0.2) is 0 Å². The number of hydrogen-bond acceptors (Lipinski definition) is 2. The van der Waals surface area contributed by atoms with E-state index in [0.717, 1.165) is 12.0 Å². The Hall–Kier alpha value is -1.03. The van der Waals surface area contributed by atoms with Crippen LogP contribution in [0.3, 0.4) is 0 Å². The molecule has 0 amide bonds. The number of halogens is 2. The van der Waals surface area contributed by atoms with Crippen LogP contribution in [-0.2, 0) is 6.42 Å². The van der Waals surface area contributed by atoms with E-state index in [-0.39, 0.29) is 11.9 Å². The maximum atomic E-state index is 13.4. The molecule has 0 aliphatic rings. The lowest BCUT2D eigenvalue weighted by Crippen LogP contribution is -2.25. The fraction of sp³-hybridized carbons (Fsp3) is 0.200. The first-order valence-electron chi connectivity index (χ1n) is 6.02. The van der Waals surface area contributed by atoms with E-state index in [0.29, 0.717) is 15.7 Å². The molecule has 0 aliphatic heterocycles. The molecule has 2 rings (SSSR count). The molecule has 0 radical (unpaired) electrons. The van der Waals surface area contributed by atoms with E-state index >= 15 is 0 Å². The molecule has 1 atom stereocenters. The van der Waals surface area contributed by atoms with Gasteiger partial charge in [-0.05, 0) is 36.2 Å². The lowest BCUT2D eigenvalue weighted by molar-refractivity contribution is 0.601. The molecule has 1 nitrogen and oxygen atoms in total. The third kappa shape index (κ3) is 4.53. The average Bonchev–Trinajstić information content (AvgIpc) is 2.38. The second-order valence-corrected chi connectivity index (χ2v) is 5.83. The van der Waals surface area contributed by atoms with E-state index in [9.17, 15) is 4.39 Å². The molecular formula is C15H15ClFNS. The second kappa shape index (κ2) is 6.94. The third-order valence-electron chi connectivity index (χ3n) is 2.68. The summed E-state index contributed by atoms with van der Waals surface area (Å²) in [7, 11) is 0. The van der Waals surface area contributed by atoms with E-state index in [2.05, 4.69) is 0 Å². The first kappa shape index (κ1) is 14.4. The molecule has 2 N–H and O–H groups in total. The van der Waals surface area contributed by atoms with E-state index in [1.807, 2.05) is 30.3 Å². The highest BCUT2D eigenvalue weighted by molar-refractivity contribution is 7.99. The molecule has 1 unspecified atom stereocenters. The van der Waals surface area contributed by atoms with Crippen LogP contribution in [-0.4, -0.2) is 11.8 Å². The van der Waals surface area contributed by atoms with Gasteiger partial charge in [-0.15, -0.1) is 11.8 Å². The minimum Gasteiger partial charge on any atom is -0.327 e. The lowest BCUT2D eigenvalue weighted by atomic mass is 10.1. The predicted octanol–water partition coefficient (Wildman–Crippen LogP) is 4.14. The number of rotatable bonds is 5. The zero-order valence-electron chi connectivity index (χ0n) is 10.4. The van der Waals surface area contributed by atoms with Crippen LogP contribution in [0.1, 0.15) is 5.56 Å². The molecule has 0 aliphatic carbocycles. The highest BCUT2D eigenvalue weighted by Crippen LogP contribution is 2.22. The Kier molecular flexibility index (Phi) is 5.25. The Labute approximate surface area is 122 Å². The van der Waals surface area contributed by atoms with Crippen LogP contribution in [0, 0.1) is 5.82 Å². The van der Waals surface area contributed by atoms with Gasteiger partial charge in [-0.1, -0.05) is 35.9 Å². The van der Waals surface area contributed by atoms with Gasteiger partial charge in [0.2, 0.25) is 0 Å². The third-order valence-corrected chi connectivity index (χ3v) is 4.15. The zero-order valence-corrected chi connectivity index (χ0v) is 11.9. The fourth-order valence-electron chi connectivity index (χ4n) is 1.78. The molecule has 4 heteroatoms. The average molecular weight is 296 g/mol. The SMILES string of the molecule is NC(CSc1ccccc1F)Cc1cccc(Cl)c1.